The number of rotatable bonds is 0. The molecule has 0 heterocycles. The molecule has 0 bridgehead atoms. The molecule has 3 nitrogen and oxygen atoms in total. The van der Waals surface area contributed by atoms with Gasteiger partial charge in [-0.05, 0) is 0 Å². The second kappa shape index (κ2) is 22.6. The van der Waals surface area contributed by atoms with Gasteiger partial charge in [0.2, 0.25) is 0 Å². The summed E-state index contributed by atoms with van der Waals surface area (Å²) in [5.74, 6) is 0. The fourth-order valence-corrected chi connectivity index (χ4v) is 0. The molecule has 8 heteroatoms. The van der Waals surface area contributed by atoms with Crippen molar-refractivity contribution in [1.29, 1.82) is 0 Å². The third-order valence-electron chi connectivity index (χ3n) is 0. The van der Waals surface area contributed by atoms with E-state index in [1.165, 1.54) is 0 Å². The summed E-state index contributed by atoms with van der Waals surface area (Å²) in [5.41, 5.74) is 0. The van der Waals surface area contributed by atoms with Crippen molar-refractivity contribution in [3.63, 3.8) is 0 Å². The molecule has 0 N–H and O–H groups in total. The Kier molecular flexibility index (Phi) is 87.8. The molecule has 0 aromatic rings. The van der Waals surface area contributed by atoms with E-state index in [0.29, 0.717) is 0 Å². The second-order valence-corrected chi connectivity index (χ2v) is 0.612. The molecular weight excluding hydrogens is 197 g/mol. The van der Waals surface area contributed by atoms with E-state index in [9.17, 15) is 0 Å². The van der Waals surface area contributed by atoms with Gasteiger partial charge >= 0.3 is 59.1 Å². The molecule has 8 heavy (non-hydrogen) atoms. The molecule has 0 aromatic carbocycles. The smallest absolute Gasteiger partial charge is 0.784 e. The van der Waals surface area contributed by atoms with Crippen LogP contribution in [0, 0.1) is 0 Å². The quantitative estimate of drug-likeness (QED) is 0.288. The molecule has 0 saturated carbocycles. The normalized spacial score (nSPS) is 4.38. The van der Waals surface area contributed by atoms with Gasteiger partial charge in [0.05, 0.1) is 0 Å². The molecule has 0 radical (unpaired) electrons. The summed E-state index contributed by atoms with van der Waals surface area (Å²) in [4.78, 5) is 0. The van der Waals surface area contributed by atoms with Crippen molar-refractivity contribution in [2.24, 2.45) is 0 Å². The maximum atomic E-state index is 8.44. The molecule has 0 fully saturated rings. The standard InChI is InChI=1S/2ClH.2Na.H2O3S/c;;;;1-4(2)3/h2*1H;;;(H2,1,2,3)/q;;2*+1;/p-2. The summed E-state index contributed by atoms with van der Waals surface area (Å²) in [6.07, 6.45) is 0. The Bertz CT molecular complexity index is 38.3. The first-order chi connectivity index (χ1) is 1.73. The molecule has 0 unspecified atom stereocenters. The van der Waals surface area contributed by atoms with Gasteiger partial charge in [-0.25, -0.2) is 0 Å². The number of halogens is 2. The zero-order valence-corrected chi connectivity index (χ0v) is 10.9. The van der Waals surface area contributed by atoms with Gasteiger partial charge in [0.1, 0.15) is 0 Å². The molecule has 0 spiro atoms. The summed E-state index contributed by atoms with van der Waals surface area (Å²) < 4.78 is 25.3. The van der Waals surface area contributed by atoms with Crippen LogP contribution in [0.5, 0.6) is 0 Å². The van der Waals surface area contributed by atoms with Crippen molar-refractivity contribution in [3.8, 4) is 0 Å². The van der Waals surface area contributed by atoms with Crippen molar-refractivity contribution in [3.05, 3.63) is 0 Å². The Labute approximate surface area is 107 Å². The average Bonchev–Trinajstić information content (AvgIpc) is 0.811. The average molecular weight is 199 g/mol. The first kappa shape index (κ1) is 31.1. The third-order valence-corrected chi connectivity index (χ3v) is 0. The van der Waals surface area contributed by atoms with Crippen LogP contribution >= 0.6 is 24.8 Å². The zero-order chi connectivity index (χ0) is 3.58. The second-order valence-electron chi connectivity index (χ2n) is 0.204. The largest absolute Gasteiger partial charge is 1.00 e. The maximum Gasteiger partial charge on any atom is 1.00 e. The van der Waals surface area contributed by atoms with Crippen LogP contribution in [0.2, 0.25) is 0 Å². The molecule has 0 aliphatic heterocycles. The first-order valence-corrected chi connectivity index (χ1v) is 1.50. The Morgan fingerprint density at radius 2 is 1.00 bits per heavy atom. The van der Waals surface area contributed by atoms with Crippen LogP contribution < -0.4 is 59.1 Å². The Balaban J connectivity index is -0.00000000750. The van der Waals surface area contributed by atoms with Crippen LogP contribution in [-0.4, -0.2) is 13.3 Å². The van der Waals surface area contributed by atoms with Crippen molar-refractivity contribution >= 4 is 36.2 Å². The third kappa shape index (κ3) is 72.1. The summed E-state index contributed by atoms with van der Waals surface area (Å²) in [5, 5.41) is 0. The minimum absolute atomic E-state index is 0. The van der Waals surface area contributed by atoms with E-state index in [-0.39, 0.29) is 83.9 Å². The van der Waals surface area contributed by atoms with E-state index < -0.39 is 11.4 Å². The van der Waals surface area contributed by atoms with Gasteiger partial charge in [-0.1, -0.05) is 0 Å². The van der Waals surface area contributed by atoms with Crippen LogP contribution in [0.1, 0.15) is 0 Å². The minimum atomic E-state index is -3.11. The van der Waals surface area contributed by atoms with Crippen LogP contribution in [0.4, 0.5) is 0 Å². The van der Waals surface area contributed by atoms with Gasteiger partial charge in [0, 0.05) is 0 Å². The SMILES string of the molecule is Cl.Cl.O=S([O-])[O-].[Na+].[Na+]. The van der Waals surface area contributed by atoms with E-state index in [2.05, 4.69) is 0 Å². The Morgan fingerprint density at radius 1 is 1.00 bits per heavy atom. The summed E-state index contributed by atoms with van der Waals surface area (Å²) in [6, 6.07) is 0. The van der Waals surface area contributed by atoms with Gasteiger partial charge in [-0.2, -0.15) is 0 Å². The predicted octanol–water partition coefficient (Wildman–Crippen LogP) is -6.15. The van der Waals surface area contributed by atoms with Gasteiger partial charge < -0.3 is 9.11 Å². The fourth-order valence-electron chi connectivity index (χ4n) is 0. The zero-order valence-electron chi connectivity index (χ0n) is 4.45. The van der Waals surface area contributed by atoms with Gasteiger partial charge in [-0.15, -0.1) is 36.2 Å². The van der Waals surface area contributed by atoms with Crippen molar-refractivity contribution in [1.82, 2.24) is 0 Å². The monoisotopic (exact) mass is 198 g/mol. The summed E-state index contributed by atoms with van der Waals surface area (Å²) >= 11 is -3.11. The molecule has 0 aliphatic carbocycles. The minimum Gasteiger partial charge on any atom is -0.784 e. The topological polar surface area (TPSA) is 63.2 Å². The molecule has 0 rings (SSSR count). The summed E-state index contributed by atoms with van der Waals surface area (Å²) in [6.45, 7) is 0. The van der Waals surface area contributed by atoms with E-state index in [0.717, 1.165) is 0 Å². The van der Waals surface area contributed by atoms with Crippen LogP contribution in [0.25, 0.3) is 0 Å². The van der Waals surface area contributed by atoms with Crippen LogP contribution in [-0.2, 0) is 11.4 Å². The molecule has 42 valence electrons. The van der Waals surface area contributed by atoms with E-state index in [1.807, 2.05) is 0 Å². The Morgan fingerprint density at radius 3 is 1.00 bits per heavy atom. The van der Waals surface area contributed by atoms with E-state index in [1.54, 1.807) is 0 Å². The van der Waals surface area contributed by atoms with Crippen molar-refractivity contribution < 1.29 is 72.4 Å². The van der Waals surface area contributed by atoms with Crippen LogP contribution in [0.15, 0.2) is 0 Å². The molecule has 0 saturated heterocycles. The molecule has 0 atom stereocenters. The predicted molar refractivity (Wildman–Crippen MR) is 24.2 cm³/mol. The molecule has 0 aliphatic rings. The van der Waals surface area contributed by atoms with Gasteiger partial charge in [0.15, 0.2) is 0 Å². The van der Waals surface area contributed by atoms with Crippen molar-refractivity contribution in [2.75, 3.05) is 0 Å². The van der Waals surface area contributed by atoms with Gasteiger partial charge in [0.25, 0.3) is 0 Å². The van der Waals surface area contributed by atoms with Crippen LogP contribution in [0.3, 0.4) is 0 Å². The van der Waals surface area contributed by atoms with E-state index >= 15 is 0 Å². The first-order valence-electron chi connectivity index (χ1n) is 0.500. The van der Waals surface area contributed by atoms with E-state index in [4.69, 9.17) is 13.3 Å². The molecular formula is H2Cl2Na2O3S. The van der Waals surface area contributed by atoms with Crippen molar-refractivity contribution in [2.45, 2.75) is 0 Å². The fraction of sp³-hybridized carbons (Fsp3) is 0. The number of hydrogen-bond acceptors (Lipinski definition) is 3. The number of hydrogen-bond donors (Lipinski definition) is 0. The maximum absolute atomic E-state index is 8.44. The Hall–Kier alpha value is 2.65. The molecule has 0 aromatic heterocycles. The summed E-state index contributed by atoms with van der Waals surface area (Å²) in [7, 11) is 0. The molecule has 0 amide bonds. The van der Waals surface area contributed by atoms with Gasteiger partial charge in [-0.3, -0.25) is 4.21 Å².